The molecule has 0 spiro atoms. The molecule has 7 heteroatoms. The second kappa shape index (κ2) is 9.25. The van der Waals surface area contributed by atoms with Crippen LogP contribution in [0.15, 0.2) is 55.4 Å². The number of rotatable bonds is 7. The van der Waals surface area contributed by atoms with E-state index in [1.807, 2.05) is 31.2 Å². The topological polar surface area (TPSA) is 38.3 Å². The Morgan fingerprint density at radius 1 is 1.28 bits per heavy atom. The van der Waals surface area contributed by atoms with E-state index in [-0.39, 0.29) is 6.61 Å². The number of aromatic nitrogens is 2. The van der Waals surface area contributed by atoms with Crippen molar-refractivity contribution in [1.82, 2.24) is 14.9 Å². The first kappa shape index (κ1) is 21.1. The van der Waals surface area contributed by atoms with Crippen molar-refractivity contribution in [2.45, 2.75) is 13.5 Å². The summed E-state index contributed by atoms with van der Waals surface area (Å²) in [5.74, 6) is 0.581. The minimum absolute atomic E-state index is 0.171. The normalized spacial score (nSPS) is 11.6. The van der Waals surface area contributed by atoms with Crippen LogP contribution in [0.3, 0.4) is 0 Å². The van der Waals surface area contributed by atoms with E-state index in [1.165, 1.54) is 17.3 Å². The zero-order chi connectivity index (χ0) is 21.0. The van der Waals surface area contributed by atoms with Crippen molar-refractivity contribution in [3.05, 3.63) is 82.3 Å². The van der Waals surface area contributed by atoms with Gasteiger partial charge in [0.2, 0.25) is 0 Å². The van der Waals surface area contributed by atoms with Gasteiger partial charge in [0.05, 0.1) is 10.0 Å². The Hall–Kier alpha value is -2.63. The van der Waals surface area contributed by atoms with Crippen LogP contribution in [0.4, 0.5) is 4.39 Å². The number of hydrogen-bond acceptors (Lipinski definition) is 4. The average Bonchev–Trinajstić information content (AvgIpc) is 2.71. The molecule has 0 radical (unpaired) electrons. The van der Waals surface area contributed by atoms with Crippen LogP contribution < -0.4 is 4.74 Å². The van der Waals surface area contributed by atoms with E-state index in [0.717, 1.165) is 16.6 Å². The second-order valence-corrected chi connectivity index (χ2v) is 7.25. The number of aryl methyl sites for hydroxylation is 1. The zero-order valence-corrected chi connectivity index (χ0v) is 17.6. The fraction of sp³-hybridized carbons (Fsp3) is 0.182. The molecule has 1 aromatic carbocycles. The van der Waals surface area contributed by atoms with Gasteiger partial charge in [-0.15, -0.1) is 0 Å². The molecule has 4 nitrogen and oxygen atoms in total. The lowest BCUT2D eigenvalue weighted by Gasteiger charge is -2.21. The summed E-state index contributed by atoms with van der Waals surface area (Å²) in [5.41, 5.74) is 3.66. The smallest absolute Gasteiger partial charge is 0.161 e. The molecule has 29 heavy (non-hydrogen) atoms. The molecular weight excluding hydrogens is 412 g/mol. The highest BCUT2D eigenvalue weighted by atomic mass is 35.5. The number of fused-ring (bicyclic) bond motifs is 1. The third-order valence-corrected chi connectivity index (χ3v) is 5.05. The Balaban J connectivity index is 2.08. The summed E-state index contributed by atoms with van der Waals surface area (Å²) in [7, 11) is 1.69. The first-order valence-electron chi connectivity index (χ1n) is 8.87. The van der Waals surface area contributed by atoms with Crippen LogP contribution in [0.5, 0.6) is 5.75 Å². The molecule has 0 aliphatic heterocycles. The van der Waals surface area contributed by atoms with Crippen molar-refractivity contribution in [2.24, 2.45) is 0 Å². The third-order valence-electron chi connectivity index (χ3n) is 4.40. The van der Waals surface area contributed by atoms with Gasteiger partial charge in [-0.25, -0.2) is 9.37 Å². The maximum absolute atomic E-state index is 13.4. The molecule has 2 heterocycles. The van der Waals surface area contributed by atoms with Crippen LogP contribution in [-0.2, 0) is 6.61 Å². The average molecular weight is 432 g/mol. The fourth-order valence-corrected chi connectivity index (χ4v) is 3.48. The quantitative estimate of drug-likeness (QED) is 0.329. The Labute approximate surface area is 179 Å². The van der Waals surface area contributed by atoms with Gasteiger partial charge in [-0.3, -0.25) is 4.98 Å². The summed E-state index contributed by atoms with van der Waals surface area (Å²) in [6.45, 7) is 5.18. The summed E-state index contributed by atoms with van der Waals surface area (Å²) in [4.78, 5) is 10.1. The van der Waals surface area contributed by atoms with Crippen LogP contribution in [-0.4, -0.2) is 28.7 Å². The van der Waals surface area contributed by atoms with Crippen molar-refractivity contribution in [1.29, 1.82) is 0 Å². The second-order valence-electron chi connectivity index (χ2n) is 6.44. The number of pyridine rings is 2. The molecule has 0 amide bonds. The predicted octanol–water partition coefficient (Wildman–Crippen LogP) is 6.21. The van der Waals surface area contributed by atoms with Crippen LogP contribution in [0.2, 0.25) is 10.0 Å². The third kappa shape index (κ3) is 4.52. The molecule has 150 valence electrons. The van der Waals surface area contributed by atoms with Gasteiger partial charge in [-0.05, 0) is 25.1 Å². The van der Waals surface area contributed by atoms with E-state index in [9.17, 15) is 4.39 Å². The minimum Gasteiger partial charge on any atom is -0.487 e. The molecule has 0 aliphatic carbocycles. The molecular formula is C22H20Cl2FN3O. The summed E-state index contributed by atoms with van der Waals surface area (Å²) in [5, 5.41) is 1.71. The van der Waals surface area contributed by atoms with Crippen molar-refractivity contribution in [3.8, 4) is 5.75 Å². The van der Waals surface area contributed by atoms with Gasteiger partial charge >= 0.3 is 0 Å². The van der Waals surface area contributed by atoms with Gasteiger partial charge in [0.1, 0.15) is 17.9 Å². The minimum atomic E-state index is -0.627. The van der Waals surface area contributed by atoms with E-state index in [0.29, 0.717) is 32.6 Å². The molecule has 0 aliphatic rings. The molecule has 0 bridgehead atoms. The van der Waals surface area contributed by atoms with Crippen LogP contribution in [0.1, 0.15) is 16.8 Å². The highest BCUT2D eigenvalue weighted by molar-refractivity contribution is 6.35. The summed E-state index contributed by atoms with van der Waals surface area (Å²) < 4.78 is 19.4. The largest absolute Gasteiger partial charge is 0.487 e. The van der Waals surface area contributed by atoms with Gasteiger partial charge in [0.25, 0.3) is 0 Å². The van der Waals surface area contributed by atoms with Crippen LogP contribution in [0, 0.1) is 6.92 Å². The molecule has 3 rings (SSSR count). The molecule has 0 N–H and O–H groups in total. The number of ether oxygens (including phenoxy) is 1. The highest BCUT2D eigenvalue weighted by Gasteiger charge is 2.15. The van der Waals surface area contributed by atoms with Gasteiger partial charge in [-0.1, -0.05) is 48.0 Å². The number of para-hydroxylation sites is 1. The van der Waals surface area contributed by atoms with Crippen LogP contribution >= 0.6 is 23.2 Å². The van der Waals surface area contributed by atoms with Crippen molar-refractivity contribution < 1.29 is 9.13 Å². The Morgan fingerprint density at radius 2 is 2.00 bits per heavy atom. The number of benzene rings is 1. The molecule has 0 saturated carbocycles. The molecule has 0 unspecified atom stereocenters. The standard InChI is InChI=1S/C22H20Cl2FN3O/c1-4-6-20(28(3)13-25)16-9-14(2)27-22-15(16)7-5-8-21(22)29-12-17-18(23)10-26-11-19(17)24/h4-11H,1,12-13H2,2-3H3/b20-6-. The summed E-state index contributed by atoms with van der Waals surface area (Å²) in [6.07, 6.45) is 6.46. The van der Waals surface area contributed by atoms with E-state index < -0.39 is 6.80 Å². The van der Waals surface area contributed by atoms with Crippen LogP contribution in [0.25, 0.3) is 16.6 Å². The Kier molecular flexibility index (Phi) is 6.72. The maximum Gasteiger partial charge on any atom is 0.161 e. The first-order valence-corrected chi connectivity index (χ1v) is 9.63. The Morgan fingerprint density at radius 3 is 2.66 bits per heavy atom. The number of alkyl halides is 1. The lowest BCUT2D eigenvalue weighted by atomic mass is 10.0. The molecule has 0 saturated heterocycles. The van der Waals surface area contributed by atoms with E-state index in [2.05, 4.69) is 16.5 Å². The van der Waals surface area contributed by atoms with Gasteiger partial charge < -0.3 is 9.64 Å². The van der Waals surface area contributed by atoms with Crippen molar-refractivity contribution in [2.75, 3.05) is 13.8 Å². The lowest BCUT2D eigenvalue weighted by Crippen LogP contribution is -2.15. The molecule has 0 atom stereocenters. The van der Waals surface area contributed by atoms with E-state index in [1.54, 1.807) is 19.2 Å². The number of halogens is 3. The molecule has 2 aromatic heterocycles. The summed E-state index contributed by atoms with van der Waals surface area (Å²) in [6, 6.07) is 7.55. The van der Waals surface area contributed by atoms with E-state index >= 15 is 0 Å². The van der Waals surface area contributed by atoms with Crippen molar-refractivity contribution in [3.63, 3.8) is 0 Å². The predicted molar refractivity (Wildman–Crippen MR) is 117 cm³/mol. The molecule has 0 fully saturated rings. The number of nitrogens with zero attached hydrogens (tertiary/aromatic N) is 3. The van der Waals surface area contributed by atoms with E-state index in [4.69, 9.17) is 27.9 Å². The van der Waals surface area contributed by atoms with Crippen molar-refractivity contribution >= 4 is 39.8 Å². The number of allylic oxidation sites excluding steroid dienone is 2. The SMILES string of the molecule is C=C/C=C(/c1cc(C)nc2c(OCc3c(Cl)cncc3Cl)cccc12)N(C)CF. The first-order chi connectivity index (χ1) is 14.0. The molecule has 3 aromatic rings. The lowest BCUT2D eigenvalue weighted by molar-refractivity contribution is 0.307. The monoisotopic (exact) mass is 431 g/mol. The summed E-state index contributed by atoms with van der Waals surface area (Å²) >= 11 is 12.4. The number of hydrogen-bond donors (Lipinski definition) is 0. The fourth-order valence-electron chi connectivity index (χ4n) is 3.00. The van der Waals surface area contributed by atoms with Gasteiger partial charge in [0, 0.05) is 47.3 Å². The maximum atomic E-state index is 13.4. The zero-order valence-electron chi connectivity index (χ0n) is 16.1. The van der Waals surface area contributed by atoms with Gasteiger partial charge in [-0.2, -0.15) is 0 Å². The van der Waals surface area contributed by atoms with Gasteiger partial charge in [0.15, 0.2) is 6.80 Å². The Bertz CT molecular complexity index is 1060. The highest BCUT2D eigenvalue weighted by Crippen LogP contribution is 2.33.